The highest BCUT2D eigenvalue weighted by molar-refractivity contribution is 7.90. The van der Waals surface area contributed by atoms with Crippen LogP contribution in [0.5, 0.6) is 0 Å². The van der Waals surface area contributed by atoms with Crippen molar-refractivity contribution in [2.75, 3.05) is 32.2 Å². The largest absolute Gasteiger partial charge is 0.465 e. The molecule has 0 saturated carbocycles. The van der Waals surface area contributed by atoms with Crippen molar-refractivity contribution in [3.8, 4) is 0 Å². The molecule has 0 saturated heterocycles. The first-order valence-corrected chi connectivity index (χ1v) is 6.88. The lowest BCUT2D eigenvalue weighted by Crippen LogP contribution is -2.39. The first kappa shape index (κ1) is 14.4. The van der Waals surface area contributed by atoms with E-state index in [1.807, 2.05) is 0 Å². The fourth-order valence-corrected chi connectivity index (χ4v) is 1.57. The fourth-order valence-electron chi connectivity index (χ4n) is 0.946. The van der Waals surface area contributed by atoms with Crippen molar-refractivity contribution < 1.29 is 17.9 Å². The average Bonchev–Trinajstić information content (AvgIpc) is 2.12. The summed E-state index contributed by atoms with van der Waals surface area (Å²) in [5, 5.41) is 0. The van der Waals surface area contributed by atoms with E-state index in [4.69, 9.17) is 4.74 Å². The smallest absolute Gasteiger partial charge is 0.323 e. The van der Waals surface area contributed by atoms with Gasteiger partial charge in [0.15, 0.2) is 0 Å². The highest BCUT2D eigenvalue weighted by atomic mass is 32.2. The number of sulfone groups is 1. The van der Waals surface area contributed by atoms with Crippen LogP contribution in [0.4, 0.5) is 0 Å². The van der Waals surface area contributed by atoms with Gasteiger partial charge in [0, 0.05) is 12.8 Å². The van der Waals surface area contributed by atoms with Gasteiger partial charge in [-0.2, -0.15) is 0 Å². The van der Waals surface area contributed by atoms with Crippen LogP contribution in [0, 0.1) is 0 Å². The van der Waals surface area contributed by atoms with Crippen LogP contribution in [-0.4, -0.2) is 57.5 Å². The second kappa shape index (κ2) is 6.07. The summed E-state index contributed by atoms with van der Waals surface area (Å²) in [6, 6.07) is -0.410. The molecule has 0 rings (SSSR count). The Morgan fingerprint density at radius 3 is 2.40 bits per heavy atom. The second-order valence-corrected chi connectivity index (χ2v) is 5.80. The van der Waals surface area contributed by atoms with Crippen LogP contribution in [0.25, 0.3) is 0 Å². The van der Waals surface area contributed by atoms with E-state index in [1.54, 1.807) is 25.8 Å². The molecular formula is C9H19NO4S. The van der Waals surface area contributed by atoms with E-state index in [1.165, 1.54) is 6.26 Å². The Balaban J connectivity index is 4.10. The Bertz CT molecular complexity index is 299. The number of carbonyl (C=O) groups is 1. The molecule has 0 aromatic carbocycles. The van der Waals surface area contributed by atoms with E-state index < -0.39 is 15.9 Å². The molecule has 0 aromatic heterocycles. The van der Waals surface area contributed by atoms with E-state index in [0.717, 1.165) is 0 Å². The zero-order valence-electron chi connectivity index (χ0n) is 9.69. The molecule has 5 nitrogen and oxygen atoms in total. The summed E-state index contributed by atoms with van der Waals surface area (Å²) in [4.78, 5) is 13.0. The zero-order chi connectivity index (χ0) is 12.1. The summed E-state index contributed by atoms with van der Waals surface area (Å²) in [6.07, 6.45) is 1.18. The van der Waals surface area contributed by atoms with Gasteiger partial charge in [0.25, 0.3) is 0 Å². The quantitative estimate of drug-likeness (QED) is 0.604. The summed E-state index contributed by atoms with van der Waals surface area (Å²) in [5.41, 5.74) is 0. The predicted octanol–water partition coefficient (Wildman–Crippen LogP) is -0.0856. The Labute approximate surface area is 91.3 Å². The number of hydrogen-bond acceptors (Lipinski definition) is 5. The first-order valence-electron chi connectivity index (χ1n) is 4.82. The van der Waals surface area contributed by atoms with Gasteiger partial charge in [-0.05, 0) is 20.9 Å². The summed E-state index contributed by atoms with van der Waals surface area (Å²) in [6.45, 7) is 4.10. The van der Waals surface area contributed by atoms with Crippen LogP contribution in [0.15, 0.2) is 0 Å². The first-order chi connectivity index (χ1) is 6.78. The lowest BCUT2D eigenvalue weighted by molar-refractivity contribution is -0.148. The van der Waals surface area contributed by atoms with E-state index in [0.29, 0.717) is 13.2 Å². The number of esters is 1. The van der Waals surface area contributed by atoms with Crippen molar-refractivity contribution in [2.24, 2.45) is 0 Å². The maximum atomic E-state index is 11.3. The Morgan fingerprint density at radius 2 is 2.00 bits per heavy atom. The number of carbonyl (C=O) groups excluding carboxylic acids is 1. The maximum Gasteiger partial charge on any atom is 0.323 e. The van der Waals surface area contributed by atoms with E-state index in [-0.39, 0.29) is 11.7 Å². The van der Waals surface area contributed by atoms with Crippen molar-refractivity contribution in [1.29, 1.82) is 0 Å². The van der Waals surface area contributed by atoms with Gasteiger partial charge in [-0.25, -0.2) is 8.42 Å². The maximum absolute atomic E-state index is 11.3. The summed E-state index contributed by atoms with van der Waals surface area (Å²) in [7, 11) is -1.28. The van der Waals surface area contributed by atoms with Crippen molar-refractivity contribution in [3.05, 3.63) is 0 Å². The molecule has 90 valence electrons. The van der Waals surface area contributed by atoms with E-state index in [2.05, 4.69) is 0 Å². The molecule has 0 aliphatic heterocycles. The SMILES string of the molecule is CCOC(=O)C(C)N(C)CCS(C)(=O)=O. The minimum atomic E-state index is -2.98. The van der Waals surface area contributed by atoms with Crippen LogP contribution in [0.3, 0.4) is 0 Å². The molecule has 0 aliphatic rings. The molecule has 15 heavy (non-hydrogen) atoms. The molecule has 0 aromatic rings. The number of ether oxygens (including phenoxy) is 1. The van der Waals surface area contributed by atoms with Crippen molar-refractivity contribution in [3.63, 3.8) is 0 Å². The molecule has 0 fully saturated rings. The van der Waals surface area contributed by atoms with E-state index in [9.17, 15) is 13.2 Å². The van der Waals surface area contributed by atoms with Crippen LogP contribution < -0.4 is 0 Å². The summed E-state index contributed by atoms with van der Waals surface area (Å²) >= 11 is 0. The molecule has 0 spiro atoms. The topological polar surface area (TPSA) is 63.7 Å². The number of likely N-dealkylation sites (N-methyl/N-ethyl adjacent to an activating group) is 1. The molecule has 0 bridgehead atoms. The molecule has 0 amide bonds. The summed E-state index contributed by atoms with van der Waals surface area (Å²) < 4.78 is 26.6. The minimum absolute atomic E-state index is 0.0489. The minimum Gasteiger partial charge on any atom is -0.465 e. The molecule has 0 heterocycles. The molecule has 0 aliphatic carbocycles. The normalized spacial score (nSPS) is 13.9. The lowest BCUT2D eigenvalue weighted by atomic mass is 10.3. The van der Waals surface area contributed by atoms with Gasteiger partial charge in [-0.15, -0.1) is 0 Å². The standard InChI is InChI=1S/C9H19NO4S/c1-5-14-9(11)8(2)10(3)6-7-15(4,12)13/h8H,5-7H2,1-4H3. The van der Waals surface area contributed by atoms with Crippen LogP contribution in [0.2, 0.25) is 0 Å². The third kappa shape index (κ3) is 6.46. The third-order valence-electron chi connectivity index (χ3n) is 2.10. The van der Waals surface area contributed by atoms with Crippen LogP contribution in [0.1, 0.15) is 13.8 Å². The lowest BCUT2D eigenvalue weighted by Gasteiger charge is -2.22. The molecule has 1 atom stereocenters. The molecule has 0 radical (unpaired) electrons. The van der Waals surface area contributed by atoms with Crippen molar-refractivity contribution in [2.45, 2.75) is 19.9 Å². The van der Waals surface area contributed by atoms with Gasteiger partial charge in [-0.3, -0.25) is 9.69 Å². The highest BCUT2D eigenvalue weighted by Crippen LogP contribution is 1.99. The van der Waals surface area contributed by atoms with Gasteiger partial charge >= 0.3 is 5.97 Å². The highest BCUT2D eigenvalue weighted by Gasteiger charge is 2.19. The zero-order valence-corrected chi connectivity index (χ0v) is 10.5. The Kier molecular flexibility index (Phi) is 5.82. The fraction of sp³-hybridized carbons (Fsp3) is 0.889. The molecule has 0 N–H and O–H groups in total. The average molecular weight is 237 g/mol. The van der Waals surface area contributed by atoms with Gasteiger partial charge in [0.2, 0.25) is 0 Å². The Hall–Kier alpha value is -0.620. The van der Waals surface area contributed by atoms with Crippen molar-refractivity contribution >= 4 is 15.8 Å². The third-order valence-corrected chi connectivity index (χ3v) is 3.03. The van der Waals surface area contributed by atoms with Gasteiger partial charge in [-0.1, -0.05) is 0 Å². The summed E-state index contributed by atoms with van der Waals surface area (Å²) in [5.74, 6) is -0.277. The van der Waals surface area contributed by atoms with Crippen molar-refractivity contribution in [1.82, 2.24) is 4.90 Å². The van der Waals surface area contributed by atoms with E-state index >= 15 is 0 Å². The monoisotopic (exact) mass is 237 g/mol. The van der Waals surface area contributed by atoms with Crippen LogP contribution in [-0.2, 0) is 19.4 Å². The number of nitrogens with zero attached hydrogens (tertiary/aromatic N) is 1. The molecule has 6 heteroatoms. The van der Waals surface area contributed by atoms with Crippen LogP contribution >= 0.6 is 0 Å². The Morgan fingerprint density at radius 1 is 1.47 bits per heavy atom. The van der Waals surface area contributed by atoms with Gasteiger partial charge in [0.05, 0.1) is 12.4 Å². The molecular weight excluding hydrogens is 218 g/mol. The number of hydrogen-bond donors (Lipinski definition) is 0. The molecule has 1 unspecified atom stereocenters. The van der Waals surface area contributed by atoms with Gasteiger partial charge < -0.3 is 4.74 Å². The van der Waals surface area contributed by atoms with Gasteiger partial charge in [0.1, 0.15) is 15.9 Å². The predicted molar refractivity (Wildman–Crippen MR) is 58.4 cm³/mol. The number of rotatable bonds is 6. The second-order valence-electron chi connectivity index (χ2n) is 3.54.